The van der Waals surface area contributed by atoms with Gasteiger partial charge in [-0.2, -0.15) is 0 Å². The van der Waals surface area contributed by atoms with Crippen LogP contribution in [0.2, 0.25) is 0 Å². The molecular weight excluding hydrogens is 584 g/mol. The highest BCUT2D eigenvalue weighted by Crippen LogP contribution is 2.43. The maximum absolute atomic E-state index is 12.9. The molecule has 7 nitrogen and oxygen atoms in total. The van der Waals surface area contributed by atoms with Gasteiger partial charge in [-0.3, -0.25) is 4.79 Å². The summed E-state index contributed by atoms with van der Waals surface area (Å²) in [5.74, 6) is -0.448. The van der Waals surface area contributed by atoms with Crippen molar-refractivity contribution in [2.75, 3.05) is 0 Å². The minimum absolute atomic E-state index is 0.0644. The molecule has 4 unspecified atom stereocenters. The van der Waals surface area contributed by atoms with Crippen molar-refractivity contribution < 1.29 is 36.3 Å². The van der Waals surface area contributed by atoms with E-state index in [0.717, 1.165) is 29.9 Å². The van der Waals surface area contributed by atoms with Crippen LogP contribution in [-0.2, 0) is 24.1 Å². The molecule has 0 radical (unpaired) electrons. The number of ether oxygens (including phenoxy) is 2. The van der Waals surface area contributed by atoms with Crippen molar-refractivity contribution >= 4 is 33.7 Å². The number of hydrogen-bond acceptors (Lipinski definition) is 7. The van der Waals surface area contributed by atoms with E-state index in [4.69, 9.17) is 9.47 Å². The summed E-state index contributed by atoms with van der Waals surface area (Å²) in [7, 11) is -3.59. The van der Waals surface area contributed by atoms with Gasteiger partial charge in [0.05, 0.1) is 10.1 Å². The van der Waals surface area contributed by atoms with E-state index in [0.29, 0.717) is 30.4 Å². The Morgan fingerprint density at radius 3 is 1.83 bits per heavy atom. The lowest BCUT2D eigenvalue weighted by atomic mass is 9.82. The molecule has 2 aliphatic rings. The topological polar surface area (TPSA) is 98.8 Å². The Bertz CT molecular complexity index is 1320. The van der Waals surface area contributed by atoms with Crippen LogP contribution in [0.3, 0.4) is 0 Å². The molecule has 1 amide bonds. The first-order valence-corrected chi connectivity index (χ1v) is 16.5. The molecule has 2 aromatic carbocycles. The van der Waals surface area contributed by atoms with Gasteiger partial charge in [0.2, 0.25) is 0 Å². The zero-order valence-electron chi connectivity index (χ0n) is 25.0. The summed E-state index contributed by atoms with van der Waals surface area (Å²) in [6.07, 6.45) is 3.06. The molecule has 4 atom stereocenters. The third kappa shape index (κ3) is 10.3. The van der Waals surface area contributed by atoms with Crippen LogP contribution >= 0.6 is 11.8 Å². The molecule has 11 heteroatoms. The number of carbonyl (C=O) groups is 2. The third-order valence-electron chi connectivity index (χ3n) is 6.75. The number of amides is 1. The Labute approximate surface area is 252 Å². The average molecular weight is 626 g/mol. The Morgan fingerprint density at radius 2 is 1.38 bits per heavy atom. The minimum atomic E-state index is -3.59. The highest BCUT2D eigenvalue weighted by atomic mass is 32.2. The summed E-state index contributed by atoms with van der Waals surface area (Å²) in [4.78, 5) is 24.7. The van der Waals surface area contributed by atoms with E-state index in [1.165, 1.54) is 24.3 Å². The van der Waals surface area contributed by atoms with Gasteiger partial charge in [-0.25, -0.2) is 22.0 Å². The molecule has 0 aromatic heterocycles. The van der Waals surface area contributed by atoms with E-state index in [9.17, 15) is 26.8 Å². The Morgan fingerprint density at radius 1 is 0.833 bits per heavy atom. The second-order valence-electron chi connectivity index (χ2n) is 12.6. The number of rotatable bonds is 7. The second-order valence-corrected chi connectivity index (χ2v) is 16.1. The zero-order valence-corrected chi connectivity index (χ0v) is 26.6. The zero-order chi connectivity index (χ0) is 31.3. The predicted molar refractivity (Wildman–Crippen MR) is 159 cm³/mol. The largest absolute Gasteiger partial charge is 0.460 e. The van der Waals surface area contributed by atoms with Gasteiger partial charge < -0.3 is 14.8 Å². The molecule has 0 bridgehead atoms. The van der Waals surface area contributed by atoms with Crippen LogP contribution in [0.4, 0.5) is 13.6 Å². The van der Waals surface area contributed by atoms with Crippen molar-refractivity contribution in [1.29, 1.82) is 0 Å². The van der Waals surface area contributed by atoms with Gasteiger partial charge in [0.15, 0.2) is 9.84 Å². The molecule has 0 heterocycles. The smallest absolute Gasteiger partial charge is 0.407 e. The van der Waals surface area contributed by atoms with Crippen molar-refractivity contribution in [2.24, 2.45) is 5.92 Å². The summed E-state index contributed by atoms with van der Waals surface area (Å²) in [5, 5.41) is 2.33. The van der Waals surface area contributed by atoms with E-state index in [2.05, 4.69) is 5.32 Å². The molecular formula is C31H41F2NO6S2. The van der Waals surface area contributed by atoms with Crippen LogP contribution in [0.15, 0.2) is 58.3 Å². The normalized spacial score (nSPS) is 22.0. The predicted octanol–water partition coefficient (Wildman–Crippen LogP) is 7.08. The number of thioether (sulfide) groups is 1. The van der Waals surface area contributed by atoms with E-state index < -0.39 is 44.2 Å². The van der Waals surface area contributed by atoms with Crippen LogP contribution in [-0.4, -0.2) is 48.2 Å². The monoisotopic (exact) mass is 625 g/mol. The first kappa shape index (κ1) is 33.8. The number of benzene rings is 2. The highest BCUT2D eigenvalue weighted by molar-refractivity contribution is 8.00. The molecule has 0 aliphatic heterocycles. The molecule has 2 saturated carbocycles. The van der Waals surface area contributed by atoms with Crippen LogP contribution in [0.5, 0.6) is 0 Å². The first-order chi connectivity index (χ1) is 19.4. The summed E-state index contributed by atoms with van der Waals surface area (Å²) in [6, 6.07) is 10.8. The molecule has 0 spiro atoms. The van der Waals surface area contributed by atoms with Crippen LogP contribution in [0.25, 0.3) is 0 Å². The summed E-state index contributed by atoms with van der Waals surface area (Å²) < 4.78 is 61.2. The molecule has 0 saturated heterocycles. The highest BCUT2D eigenvalue weighted by Gasteiger charge is 2.43. The molecule has 2 aromatic rings. The maximum atomic E-state index is 12.9. The fourth-order valence-electron chi connectivity index (χ4n) is 4.48. The number of nitrogens with one attached hydrogen (secondary N) is 1. The van der Waals surface area contributed by atoms with Gasteiger partial charge in [-0.1, -0.05) is 0 Å². The van der Waals surface area contributed by atoms with Crippen LogP contribution < -0.4 is 5.32 Å². The van der Waals surface area contributed by atoms with Crippen molar-refractivity contribution in [3.05, 3.63) is 60.2 Å². The molecule has 232 valence electrons. The second kappa shape index (κ2) is 13.8. The van der Waals surface area contributed by atoms with E-state index in [-0.39, 0.29) is 16.7 Å². The molecule has 2 fully saturated rings. The SMILES string of the molecule is CC(C)(C)OC(=O)CC1CCC1Sc1ccc(F)cc1.CC(C)(C)OC(=O)NC1CCC1S(=O)(=O)c1ccc(F)cc1. The standard InChI is InChI=1S/C16H21FO2S.C15H20FNO4S/c1-16(2,3)19-15(18)10-11-4-9-14(11)20-13-7-5-12(17)6-8-13;1-15(2,3)21-14(18)17-12-8-9-13(12)22(19,20)11-6-4-10(16)5-7-11/h5-8,11,14H,4,9-10H2,1-3H3;4-7,12-13H,8-9H2,1-3H3,(H,17,18). The van der Waals surface area contributed by atoms with E-state index in [1.807, 2.05) is 20.8 Å². The number of carbonyl (C=O) groups excluding carboxylic acids is 2. The maximum Gasteiger partial charge on any atom is 0.407 e. The molecule has 42 heavy (non-hydrogen) atoms. The van der Waals surface area contributed by atoms with Crippen molar-refractivity contribution in [3.63, 3.8) is 0 Å². The van der Waals surface area contributed by atoms with Gasteiger partial charge in [0.1, 0.15) is 22.8 Å². The summed E-state index contributed by atoms with van der Waals surface area (Å²) in [5.41, 5.74) is -1.06. The van der Waals surface area contributed by atoms with Crippen LogP contribution in [0.1, 0.15) is 73.6 Å². The van der Waals surface area contributed by atoms with Crippen molar-refractivity contribution in [2.45, 2.75) is 111 Å². The number of halogens is 2. The van der Waals surface area contributed by atoms with Gasteiger partial charge in [0.25, 0.3) is 0 Å². The lowest BCUT2D eigenvalue weighted by Crippen LogP contribution is -2.54. The van der Waals surface area contributed by atoms with E-state index in [1.54, 1.807) is 44.7 Å². The number of hydrogen-bond donors (Lipinski definition) is 1. The quantitative estimate of drug-likeness (QED) is 0.259. The molecule has 1 N–H and O–H groups in total. The van der Waals surface area contributed by atoms with Crippen LogP contribution in [0, 0.1) is 17.6 Å². The van der Waals surface area contributed by atoms with Crippen molar-refractivity contribution in [3.8, 4) is 0 Å². The van der Waals surface area contributed by atoms with Gasteiger partial charge >= 0.3 is 12.1 Å². The molecule has 2 aliphatic carbocycles. The minimum Gasteiger partial charge on any atom is -0.460 e. The average Bonchev–Trinajstić information content (AvgIpc) is 2.82. The number of sulfone groups is 1. The summed E-state index contributed by atoms with van der Waals surface area (Å²) >= 11 is 1.73. The fourth-order valence-corrected chi connectivity index (χ4v) is 7.75. The van der Waals surface area contributed by atoms with Crippen molar-refractivity contribution in [1.82, 2.24) is 5.32 Å². The Kier molecular flexibility index (Phi) is 11.1. The lowest BCUT2D eigenvalue weighted by molar-refractivity contribution is -0.156. The van der Waals surface area contributed by atoms with Gasteiger partial charge in [0, 0.05) is 22.6 Å². The lowest BCUT2D eigenvalue weighted by Gasteiger charge is -2.36. The fraction of sp³-hybridized carbons (Fsp3) is 0.548. The summed E-state index contributed by atoms with van der Waals surface area (Å²) in [6.45, 7) is 10.9. The van der Waals surface area contributed by atoms with E-state index >= 15 is 0 Å². The Hall–Kier alpha value is -2.66. The number of alkyl carbamates (subject to hydrolysis) is 1. The van der Waals surface area contributed by atoms with Gasteiger partial charge in [-0.15, -0.1) is 11.8 Å². The third-order valence-corrected chi connectivity index (χ3v) is 10.5. The Balaban J connectivity index is 0.000000231. The number of esters is 1. The van der Waals surface area contributed by atoms with Gasteiger partial charge in [-0.05, 0) is 122 Å². The first-order valence-electron chi connectivity index (χ1n) is 14.1. The molecule has 4 rings (SSSR count).